The zero-order valence-electron chi connectivity index (χ0n) is 17.4. The molecule has 1 N–H and O–H groups in total. The van der Waals surface area contributed by atoms with Crippen molar-refractivity contribution in [3.8, 4) is 5.75 Å². The molecule has 3 aromatic rings. The first-order chi connectivity index (χ1) is 14.1. The van der Waals surface area contributed by atoms with Crippen molar-refractivity contribution in [2.45, 2.75) is 13.1 Å². The normalized spacial score (nSPS) is 10.9. The molecule has 0 unspecified atom stereocenters. The summed E-state index contributed by atoms with van der Waals surface area (Å²) < 4.78 is 5.19. The molecule has 0 bridgehead atoms. The highest BCUT2D eigenvalue weighted by atomic mass is 16.5. The summed E-state index contributed by atoms with van der Waals surface area (Å²) in [4.78, 5) is 16.9. The van der Waals surface area contributed by atoms with E-state index in [1.807, 2.05) is 55.4 Å². The second kappa shape index (κ2) is 9.94. The van der Waals surface area contributed by atoms with Gasteiger partial charge in [0.25, 0.3) is 0 Å². The number of carbonyl (C=O) groups excluding carboxylic acids is 1. The molecule has 0 aliphatic carbocycles. The van der Waals surface area contributed by atoms with Gasteiger partial charge < -0.3 is 19.9 Å². The molecule has 29 heavy (non-hydrogen) atoms. The van der Waals surface area contributed by atoms with Crippen LogP contribution in [-0.2, 0) is 13.1 Å². The molecular formula is C24H29N3O2. The average Bonchev–Trinajstić information content (AvgIpc) is 2.75. The Balaban J connectivity index is 1.72. The highest BCUT2D eigenvalue weighted by Gasteiger charge is 2.15. The molecule has 5 nitrogen and oxygen atoms in total. The van der Waals surface area contributed by atoms with Crippen molar-refractivity contribution in [3.05, 3.63) is 77.9 Å². The molecule has 0 aliphatic heterocycles. The molecule has 0 heterocycles. The Morgan fingerprint density at radius 3 is 2.38 bits per heavy atom. The summed E-state index contributed by atoms with van der Waals surface area (Å²) in [5, 5.41) is 5.43. The maximum absolute atomic E-state index is 13.0. The van der Waals surface area contributed by atoms with Crippen LogP contribution in [0.15, 0.2) is 66.7 Å². The number of benzene rings is 3. The third-order valence-corrected chi connectivity index (χ3v) is 4.95. The lowest BCUT2D eigenvalue weighted by molar-refractivity contribution is 0.188. The Bertz CT molecular complexity index is 933. The molecule has 152 valence electrons. The van der Waals surface area contributed by atoms with Gasteiger partial charge in [-0.3, -0.25) is 0 Å². The average molecular weight is 392 g/mol. The van der Waals surface area contributed by atoms with Gasteiger partial charge in [-0.2, -0.15) is 0 Å². The lowest BCUT2D eigenvalue weighted by Crippen LogP contribution is -2.42. The van der Waals surface area contributed by atoms with Gasteiger partial charge >= 0.3 is 6.03 Å². The van der Waals surface area contributed by atoms with Gasteiger partial charge in [0.1, 0.15) is 5.75 Å². The molecule has 0 aromatic heterocycles. The van der Waals surface area contributed by atoms with Gasteiger partial charge in [-0.1, -0.05) is 54.6 Å². The van der Waals surface area contributed by atoms with Crippen LogP contribution < -0.4 is 10.1 Å². The number of fused-ring (bicyclic) bond motifs is 1. The minimum atomic E-state index is -0.0596. The van der Waals surface area contributed by atoms with Crippen LogP contribution in [0.3, 0.4) is 0 Å². The molecule has 0 aliphatic rings. The van der Waals surface area contributed by atoms with E-state index in [4.69, 9.17) is 4.74 Å². The molecule has 0 atom stereocenters. The van der Waals surface area contributed by atoms with Gasteiger partial charge in [-0.15, -0.1) is 0 Å². The van der Waals surface area contributed by atoms with Crippen LogP contribution in [0.2, 0.25) is 0 Å². The lowest BCUT2D eigenvalue weighted by atomic mass is 10.0. The van der Waals surface area contributed by atoms with Crippen molar-refractivity contribution in [2.75, 3.05) is 34.3 Å². The maximum Gasteiger partial charge on any atom is 0.318 e. The predicted molar refractivity (Wildman–Crippen MR) is 118 cm³/mol. The minimum absolute atomic E-state index is 0.0596. The summed E-state index contributed by atoms with van der Waals surface area (Å²) in [5.74, 6) is 0.809. The van der Waals surface area contributed by atoms with E-state index < -0.39 is 0 Å². The molecule has 0 saturated heterocycles. The summed E-state index contributed by atoms with van der Waals surface area (Å²) in [7, 11) is 5.68. The zero-order chi connectivity index (χ0) is 20.6. The standard InChI is InChI=1S/C24H29N3O2/c1-26(2)15-16-27(18-21-9-6-8-20-7-4-5-10-23(20)21)24(28)25-17-19-11-13-22(29-3)14-12-19/h4-14H,15-18H2,1-3H3,(H,25,28). The summed E-state index contributed by atoms with van der Waals surface area (Å²) in [5.41, 5.74) is 2.19. The first kappa shape index (κ1) is 20.7. The van der Waals surface area contributed by atoms with Gasteiger partial charge in [0.15, 0.2) is 0 Å². The van der Waals surface area contributed by atoms with E-state index in [2.05, 4.69) is 40.5 Å². The van der Waals surface area contributed by atoms with E-state index in [1.54, 1.807) is 7.11 Å². The number of likely N-dealkylation sites (N-methyl/N-ethyl adjacent to an activating group) is 1. The molecule has 5 heteroatoms. The highest BCUT2D eigenvalue weighted by molar-refractivity contribution is 5.86. The topological polar surface area (TPSA) is 44.8 Å². The van der Waals surface area contributed by atoms with Gasteiger partial charge in [-0.25, -0.2) is 4.79 Å². The number of methoxy groups -OCH3 is 1. The van der Waals surface area contributed by atoms with Crippen molar-refractivity contribution >= 4 is 16.8 Å². The van der Waals surface area contributed by atoms with E-state index in [0.717, 1.165) is 23.4 Å². The Morgan fingerprint density at radius 1 is 0.931 bits per heavy atom. The molecule has 0 fully saturated rings. The van der Waals surface area contributed by atoms with Gasteiger partial charge in [0.05, 0.1) is 7.11 Å². The van der Waals surface area contributed by atoms with Crippen LogP contribution in [0.5, 0.6) is 5.75 Å². The predicted octanol–water partition coefficient (Wildman–Crippen LogP) is 4.12. The number of nitrogens with one attached hydrogen (secondary N) is 1. The van der Waals surface area contributed by atoms with Gasteiger partial charge in [-0.05, 0) is 48.1 Å². The highest BCUT2D eigenvalue weighted by Crippen LogP contribution is 2.20. The van der Waals surface area contributed by atoms with Crippen LogP contribution >= 0.6 is 0 Å². The van der Waals surface area contributed by atoms with E-state index in [1.165, 1.54) is 10.8 Å². The number of nitrogens with zero attached hydrogens (tertiary/aromatic N) is 2. The van der Waals surface area contributed by atoms with Gasteiger partial charge in [0, 0.05) is 26.2 Å². The number of rotatable bonds is 8. The third kappa shape index (κ3) is 5.72. The number of hydrogen-bond acceptors (Lipinski definition) is 3. The van der Waals surface area contributed by atoms with Crippen molar-refractivity contribution in [3.63, 3.8) is 0 Å². The fourth-order valence-corrected chi connectivity index (χ4v) is 3.24. The Kier molecular flexibility index (Phi) is 7.09. The fourth-order valence-electron chi connectivity index (χ4n) is 3.24. The van der Waals surface area contributed by atoms with Crippen LogP contribution in [-0.4, -0.2) is 50.1 Å². The number of carbonyl (C=O) groups is 1. The monoisotopic (exact) mass is 391 g/mol. The smallest absolute Gasteiger partial charge is 0.318 e. The van der Waals surface area contributed by atoms with Crippen molar-refractivity contribution in [1.29, 1.82) is 0 Å². The second-order valence-electron chi connectivity index (χ2n) is 7.37. The Hall–Kier alpha value is -3.05. The summed E-state index contributed by atoms with van der Waals surface area (Å²) in [6.45, 7) is 2.52. The molecule has 3 aromatic carbocycles. The molecule has 3 rings (SSSR count). The van der Waals surface area contributed by atoms with E-state index in [9.17, 15) is 4.79 Å². The van der Waals surface area contributed by atoms with Crippen molar-refractivity contribution in [2.24, 2.45) is 0 Å². The minimum Gasteiger partial charge on any atom is -0.497 e. The Morgan fingerprint density at radius 2 is 1.66 bits per heavy atom. The third-order valence-electron chi connectivity index (χ3n) is 4.95. The first-order valence-corrected chi connectivity index (χ1v) is 9.84. The quantitative estimate of drug-likeness (QED) is 0.628. The van der Waals surface area contributed by atoms with Gasteiger partial charge in [0.2, 0.25) is 0 Å². The Labute approximate surface area is 172 Å². The summed E-state index contributed by atoms with van der Waals surface area (Å²) >= 11 is 0. The van der Waals surface area contributed by atoms with Crippen LogP contribution in [0.1, 0.15) is 11.1 Å². The van der Waals surface area contributed by atoms with Crippen LogP contribution in [0.25, 0.3) is 10.8 Å². The molecule has 0 spiro atoms. The maximum atomic E-state index is 13.0. The van der Waals surface area contributed by atoms with Crippen LogP contribution in [0, 0.1) is 0 Å². The largest absolute Gasteiger partial charge is 0.497 e. The first-order valence-electron chi connectivity index (χ1n) is 9.84. The summed E-state index contributed by atoms with van der Waals surface area (Å²) in [6, 6.07) is 22.2. The number of urea groups is 1. The van der Waals surface area contributed by atoms with E-state index in [-0.39, 0.29) is 6.03 Å². The van der Waals surface area contributed by atoms with Crippen molar-refractivity contribution in [1.82, 2.24) is 15.1 Å². The van der Waals surface area contributed by atoms with Crippen LogP contribution in [0.4, 0.5) is 4.79 Å². The molecule has 0 saturated carbocycles. The molecule has 0 radical (unpaired) electrons. The zero-order valence-corrected chi connectivity index (χ0v) is 17.4. The lowest BCUT2D eigenvalue weighted by Gasteiger charge is -2.25. The SMILES string of the molecule is COc1ccc(CNC(=O)N(CCN(C)C)Cc2cccc3ccccc23)cc1. The molecule has 2 amide bonds. The number of ether oxygens (including phenoxy) is 1. The van der Waals surface area contributed by atoms with E-state index >= 15 is 0 Å². The molecular weight excluding hydrogens is 362 g/mol. The van der Waals surface area contributed by atoms with E-state index in [0.29, 0.717) is 19.6 Å². The number of hydrogen-bond donors (Lipinski definition) is 1. The number of amides is 2. The summed E-state index contributed by atoms with van der Waals surface area (Å²) in [6.07, 6.45) is 0. The second-order valence-corrected chi connectivity index (χ2v) is 7.37. The van der Waals surface area contributed by atoms with Crippen molar-refractivity contribution < 1.29 is 9.53 Å². The fraction of sp³-hybridized carbons (Fsp3) is 0.292.